The van der Waals surface area contributed by atoms with E-state index in [1.807, 2.05) is 22.9 Å². The Balaban J connectivity index is 1.46. The molecule has 4 aromatic rings. The van der Waals surface area contributed by atoms with E-state index in [0.717, 1.165) is 24.3 Å². The summed E-state index contributed by atoms with van der Waals surface area (Å²) >= 11 is 0. The SMILES string of the molecule is O=C(O)[C@H](Cc1nc2ccc(/C=C/CNc3ccccn3)cc2c(=O)[nH]1)NS(=O)(=O)c1ccc(OC(F)(F)F)cc1. The molecule has 2 heterocycles. The Labute approximate surface area is 230 Å². The van der Waals surface area contributed by atoms with Gasteiger partial charge in [-0.05, 0) is 54.1 Å². The van der Waals surface area contributed by atoms with Gasteiger partial charge in [0.25, 0.3) is 5.56 Å². The number of nitrogens with zero attached hydrogens (tertiary/aromatic N) is 2. The molecule has 2 aromatic carbocycles. The molecule has 0 fully saturated rings. The van der Waals surface area contributed by atoms with Gasteiger partial charge in [0.1, 0.15) is 23.4 Å². The summed E-state index contributed by atoms with van der Waals surface area (Å²) in [6.07, 6.45) is -0.190. The number of hydrogen-bond donors (Lipinski definition) is 4. The van der Waals surface area contributed by atoms with Gasteiger partial charge in [-0.25, -0.2) is 18.4 Å². The van der Waals surface area contributed by atoms with Crippen molar-refractivity contribution in [1.82, 2.24) is 19.7 Å². The number of anilines is 1. The number of carboxylic acid groups (broad SMARTS) is 1. The van der Waals surface area contributed by atoms with E-state index < -0.39 is 51.0 Å². The molecule has 0 unspecified atom stereocenters. The van der Waals surface area contributed by atoms with Crippen LogP contribution in [0.2, 0.25) is 0 Å². The van der Waals surface area contributed by atoms with Gasteiger partial charge in [0.15, 0.2) is 0 Å². The molecule has 0 radical (unpaired) electrons. The first-order valence-electron chi connectivity index (χ1n) is 11.8. The predicted octanol–water partition coefficient (Wildman–Crippen LogP) is 3.32. The van der Waals surface area contributed by atoms with Gasteiger partial charge in [-0.3, -0.25) is 9.59 Å². The summed E-state index contributed by atoms with van der Waals surface area (Å²) in [7, 11) is -4.48. The van der Waals surface area contributed by atoms with Crippen LogP contribution in [-0.4, -0.2) is 53.4 Å². The number of aromatic amines is 1. The number of fused-ring (bicyclic) bond motifs is 1. The van der Waals surface area contributed by atoms with Gasteiger partial charge in [-0.1, -0.05) is 24.3 Å². The highest BCUT2D eigenvalue weighted by molar-refractivity contribution is 7.89. The van der Waals surface area contributed by atoms with Gasteiger partial charge in [-0.2, -0.15) is 4.72 Å². The number of sulfonamides is 1. The number of H-pyrrole nitrogens is 1. The second-order valence-corrected chi connectivity index (χ2v) is 10.2. The van der Waals surface area contributed by atoms with Crippen molar-refractivity contribution < 1.29 is 36.2 Å². The molecule has 0 saturated heterocycles. The summed E-state index contributed by atoms with van der Waals surface area (Å²) in [4.78, 5) is 35.0. The van der Waals surface area contributed by atoms with Gasteiger partial charge in [0.2, 0.25) is 10.0 Å². The summed E-state index contributed by atoms with van der Waals surface area (Å²) in [5.41, 5.74) is 0.419. The zero-order chi connectivity index (χ0) is 29.6. The Hall–Kier alpha value is -4.76. The van der Waals surface area contributed by atoms with E-state index in [9.17, 15) is 36.3 Å². The first-order chi connectivity index (χ1) is 19.4. The zero-order valence-corrected chi connectivity index (χ0v) is 21.7. The Morgan fingerprint density at radius 2 is 1.88 bits per heavy atom. The molecule has 0 aliphatic heterocycles. The Bertz CT molecular complexity index is 1730. The molecule has 0 spiro atoms. The first kappa shape index (κ1) is 29.2. The van der Waals surface area contributed by atoms with Crippen LogP contribution in [0.4, 0.5) is 19.0 Å². The van der Waals surface area contributed by atoms with Crippen LogP contribution in [-0.2, 0) is 21.2 Å². The first-order valence-corrected chi connectivity index (χ1v) is 13.3. The van der Waals surface area contributed by atoms with Crippen molar-refractivity contribution in [2.24, 2.45) is 0 Å². The fraction of sp³-hybridized carbons (Fsp3) is 0.154. The van der Waals surface area contributed by atoms with Crippen molar-refractivity contribution in [1.29, 1.82) is 0 Å². The van der Waals surface area contributed by atoms with Crippen LogP contribution in [0.15, 0.2) is 82.6 Å². The Morgan fingerprint density at radius 3 is 2.54 bits per heavy atom. The number of aliphatic carboxylic acids is 1. The van der Waals surface area contributed by atoms with Crippen LogP contribution < -0.4 is 20.3 Å². The average Bonchev–Trinajstić information content (AvgIpc) is 2.91. The van der Waals surface area contributed by atoms with Crippen molar-refractivity contribution in [3.8, 4) is 5.75 Å². The lowest BCUT2D eigenvalue weighted by molar-refractivity contribution is -0.274. The molecule has 4 N–H and O–H groups in total. The molecule has 11 nitrogen and oxygen atoms in total. The molecular formula is C26H22F3N5O6S. The molecule has 4 rings (SSSR count). The third kappa shape index (κ3) is 8.12. The molecule has 214 valence electrons. The fourth-order valence-corrected chi connectivity index (χ4v) is 4.87. The molecule has 41 heavy (non-hydrogen) atoms. The minimum absolute atomic E-state index is 0.0885. The molecule has 0 aliphatic rings. The smallest absolute Gasteiger partial charge is 0.480 e. The molecule has 1 atom stereocenters. The quantitative estimate of drug-likeness (QED) is 0.206. The highest BCUT2D eigenvalue weighted by Crippen LogP contribution is 2.24. The lowest BCUT2D eigenvalue weighted by Gasteiger charge is -2.15. The minimum atomic E-state index is -4.97. The third-order valence-corrected chi connectivity index (χ3v) is 7.00. The maximum Gasteiger partial charge on any atom is 0.573 e. The van der Waals surface area contributed by atoms with E-state index in [1.165, 1.54) is 0 Å². The number of alkyl halides is 3. The zero-order valence-electron chi connectivity index (χ0n) is 20.9. The van der Waals surface area contributed by atoms with E-state index >= 15 is 0 Å². The van der Waals surface area contributed by atoms with Gasteiger partial charge in [-0.15, -0.1) is 13.2 Å². The second-order valence-electron chi connectivity index (χ2n) is 8.52. The van der Waals surface area contributed by atoms with Crippen molar-refractivity contribution in [2.75, 3.05) is 11.9 Å². The summed E-state index contributed by atoms with van der Waals surface area (Å²) in [5.74, 6) is -1.59. The predicted molar refractivity (Wildman–Crippen MR) is 143 cm³/mol. The summed E-state index contributed by atoms with van der Waals surface area (Å²) in [5, 5.41) is 13.0. The van der Waals surface area contributed by atoms with Crippen molar-refractivity contribution >= 4 is 38.8 Å². The van der Waals surface area contributed by atoms with Crippen LogP contribution in [0.3, 0.4) is 0 Å². The van der Waals surface area contributed by atoms with E-state index in [1.54, 1.807) is 36.5 Å². The number of benzene rings is 2. The lowest BCUT2D eigenvalue weighted by Crippen LogP contribution is -2.42. The topological polar surface area (TPSA) is 163 Å². The lowest BCUT2D eigenvalue weighted by atomic mass is 10.1. The number of carboxylic acids is 1. The maximum atomic E-state index is 12.7. The van der Waals surface area contributed by atoms with Crippen LogP contribution in [0, 0.1) is 0 Å². The Morgan fingerprint density at radius 1 is 1.12 bits per heavy atom. The molecular weight excluding hydrogens is 567 g/mol. The normalized spacial score (nSPS) is 12.9. The van der Waals surface area contributed by atoms with Gasteiger partial charge >= 0.3 is 12.3 Å². The van der Waals surface area contributed by atoms with Gasteiger partial charge in [0.05, 0.1) is 15.8 Å². The van der Waals surface area contributed by atoms with Gasteiger partial charge < -0.3 is 20.1 Å². The van der Waals surface area contributed by atoms with Gasteiger partial charge in [0, 0.05) is 19.2 Å². The number of pyridine rings is 1. The largest absolute Gasteiger partial charge is 0.573 e. The van der Waals surface area contributed by atoms with E-state index in [2.05, 4.69) is 25.0 Å². The van der Waals surface area contributed by atoms with Crippen molar-refractivity contribution in [2.45, 2.75) is 23.7 Å². The van der Waals surface area contributed by atoms with Crippen LogP contribution in [0.1, 0.15) is 11.4 Å². The number of carbonyl (C=O) groups is 1. The van der Waals surface area contributed by atoms with Crippen molar-refractivity contribution in [3.63, 3.8) is 0 Å². The van der Waals surface area contributed by atoms with E-state index in [-0.39, 0.29) is 16.7 Å². The van der Waals surface area contributed by atoms with E-state index in [4.69, 9.17) is 0 Å². The molecule has 0 bridgehead atoms. The number of hydrogen-bond acceptors (Lipinski definition) is 8. The third-order valence-electron chi connectivity index (χ3n) is 5.52. The number of aromatic nitrogens is 3. The fourth-order valence-electron chi connectivity index (χ4n) is 3.68. The number of halogens is 3. The maximum absolute atomic E-state index is 12.7. The number of ether oxygens (including phenoxy) is 1. The highest BCUT2D eigenvalue weighted by Gasteiger charge is 2.31. The van der Waals surface area contributed by atoms with Crippen LogP contribution >= 0.6 is 0 Å². The van der Waals surface area contributed by atoms with Crippen LogP contribution in [0.25, 0.3) is 17.0 Å². The molecule has 2 aromatic heterocycles. The summed E-state index contributed by atoms with van der Waals surface area (Å²) in [6, 6.07) is 11.8. The summed E-state index contributed by atoms with van der Waals surface area (Å²) < 4.78 is 68.1. The number of rotatable bonds is 11. The standard InChI is InChI=1S/C26H22F3N5O6S/c27-26(28,29)40-17-7-9-18(10-8-17)41(38,39)34-21(25(36)37)15-23-32-20-11-6-16(14-19(20)24(35)33-23)4-3-13-31-22-5-1-2-12-30-22/h1-12,14,21,34H,13,15H2,(H,30,31)(H,36,37)(H,32,33,35)/b4-3+/t21-/m0/s1. The highest BCUT2D eigenvalue weighted by atomic mass is 32.2. The van der Waals surface area contributed by atoms with Crippen molar-refractivity contribution in [3.05, 3.63) is 94.7 Å². The Kier molecular flexibility index (Phi) is 8.68. The molecule has 15 heteroatoms. The number of nitrogens with one attached hydrogen (secondary N) is 3. The second kappa shape index (κ2) is 12.2. The average molecular weight is 590 g/mol. The van der Waals surface area contributed by atoms with Crippen LogP contribution in [0.5, 0.6) is 5.75 Å². The molecule has 0 aliphatic carbocycles. The minimum Gasteiger partial charge on any atom is -0.480 e. The summed E-state index contributed by atoms with van der Waals surface area (Å²) in [6.45, 7) is 0.487. The monoisotopic (exact) mass is 589 g/mol. The van der Waals surface area contributed by atoms with E-state index in [0.29, 0.717) is 17.9 Å². The molecule has 0 saturated carbocycles. The molecule has 0 amide bonds.